The van der Waals surface area contributed by atoms with Crippen molar-refractivity contribution in [2.45, 2.75) is 38.5 Å². The third-order valence-electron chi connectivity index (χ3n) is 4.84. The molecule has 0 spiro atoms. The third kappa shape index (κ3) is 1.88. The molecule has 4 aliphatic rings. The summed E-state index contributed by atoms with van der Waals surface area (Å²) < 4.78 is 10.7. The summed E-state index contributed by atoms with van der Waals surface area (Å²) >= 11 is 0. The fourth-order valence-electron chi connectivity index (χ4n) is 4.82. The van der Waals surface area contributed by atoms with Gasteiger partial charge in [-0.3, -0.25) is 0 Å². The minimum absolute atomic E-state index is 0.380. The summed E-state index contributed by atoms with van der Waals surface area (Å²) in [5.74, 6) is 3.03. The molecule has 0 unspecified atom stereocenters. The number of hydrogen-bond acceptors (Lipinski definition) is 2. The molecule has 0 aromatic heterocycles. The minimum Gasteiger partial charge on any atom is -0.476 e. The monoisotopic (exact) mass is 222 g/mol. The first-order valence-corrected chi connectivity index (χ1v) is 6.60. The second-order valence-corrected chi connectivity index (χ2v) is 6.22. The molecular weight excluding hydrogens is 200 g/mol. The van der Waals surface area contributed by atoms with Crippen molar-refractivity contribution >= 4 is 0 Å². The zero-order valence-electron chi connectivity index (χ0n) is 9.99. The Labute approximate surface area is 98.0 Å². The van der Waals surface area contributed by atoms with Crippen LogP contribution < -0.4 is 0 Å². The van der Waals surface area contributed by atoms with Gasteiger partial charge in [0.15, 0.2) is 6.79 Å². The van der Waals surface area contributed by atoms with Crippen LogP contribution in [0.3, 0.4) is 0 Å². The van der Waals surface area contributed by atoms with E-state index in [1.807, 2.05) is 0 Å². The van der Waals surface area contributed by atoms with E-state index in [9.17, 15) is 0 Å². The molecule has 0 aliphatic heterocycles. The van der Waals surface area contributed by atoms with Gasteiger partial charge in [0.2, 0.25) is 0 Å². The van der Waals surface area contributed by atoms with Crippen molar-refractivity contribution in [1.29, 1.82) is 0 Å². The normalized spacial score (nSPS) is 44.6. The fraction of sp³-hybridized carbons (Fsp3) is 0.857. The van der Waals surface area contributed by atoms with E-state index in [-0.39, 0.29) is 0 Å². The SMILES string of the molecule is C=COCOCC12CC3CC(CC(C3)C1)C2. The zero-order chi connectivity index (χ0) is 11.0. The van der Waals surface area contributed by atoms with Crippen molar-refractivity contribution in [3.63, 3.8) is 0 Å². The largest absolute Gasteiger partial charge is 0.476 e. The standard InChI is InChI=1S/C14H22O2/c1-2-15-10-16-9-14-6-11-3-12(7-14)5-13(4-11)8-14/h2,11-13H,1,3-10H2. The number of rotatable bonds is 5. The molecule has 0 aromatic carbocycles. The summed E-state index contributed by atoms with van der Waals surface area (Å²) in [6.45, 7) is 4.81. The maximum atomic E-state index is 5.67. The van der Waals surface area contributed by atoms with E-state index in [1.54, 1.807) is 0 Å². The van der Waals surface area contributed by atoms with E-state index in [2.05, 4.69) is 6.58 Å². The molecule has 0 radical (unpaired) electrons. The molecule has 0 heterocycles. The molecule has 2 heteroatoms. The summed E-state index contributed by atoms with van der Waals surface area (Å²) in [5.41, 5.74) is 0.513. The highest BCUT2D eigenvalue weighted by Gasteiger charge is 2.50. The molecule has 0 N–H and O–H groups in total. The second kappa shape index (κ2) is 4.06. The van der Waals surface area contributed by atoms with Crippen molar-refractivity contribution in [2.75, 3.05) is 13.4 Å². The lowest BCUT2D eigenvalue weighted by atomic mass is 9.50. The Hall–Kier alpha value is -0.500. The molecule has 16 heavy (non-hydrogen) atoms. The van der Waals surface area contributed by atoms with E-state index in [0.717, 1.165) is 24.4 Å². The van der Waals surface area contributed by atoms with E-state index in [0.29, 0.717) is 12.2 Å². The summed E-state index contributed by atoms with van der Waals surface area (Å²) in [5, 5.41) is 0. The van der Waals surface area contributed by atoms with Gasteiger partial charge in [-0.2, -0.15) is 0 Å². The Morgan fingerprint density at radius 1 is 1.06 bits per heavy atom. The molecule has 0 amide bonds. The van der Waals surface area contributed by atoms with Crippen LogP contribution in [0.1, 0.15) is 38.5 Å². The Balaban J connectivity index is 1.58. The smallest absolute Gasteiger partial charge is 0.188 e. The average Bonchev–Trinajstić information content (AvgIpc) is 2.22. The van der Waals surface area contributed by atoms with Crippen LogP contribution in [0.2, 0.25) is 0 Å². The molecule has 4 bridgehead atoms. The van der Waals surface area contributed by atoms with Crippen molar-refractivity contribution < 1.29 is 9.47 Å². The van der Waals surface area contributed by atoms with Gasteiger partial charge in [0.1, 0.15) is 0 Å². The molecular formula is C14H22O2. The summed E-state index contributed by atoms with van der Waals surface area (Å²) in [6, 6.07) is 0. The predicted octanol–water partition coefficient (Wildman–Crippen LogP) is 3.34. The quantitative estimate of drug-likeness (QED) is 0.403. The Kier molecular flexibility index (Phi) is 2.70. The third-order valence-corrected chi connectivity index (χ3v) is 4.84. The molecule has 90 valence electrons. The van der Waals surface area contributed by atoms with Crippen molar-refractivity contribution in [1.82, 2.24) is 0 Å². The van der Waals surface area contributed by atoms with Gasteiger partial charge in [-0.1, -0.05) is 6.58 Å². The van der Waals surface area contributed by atoms with Gasteiger partial charge in [0.05, 0.1) is 12.9 Å². The van der Waals surface area contributed by atoms with Crippen LogP contribution in [-0.2, 0) is 9.47 Å². The first-order chi connectivity index (χ1) is 7.80. The van der Waals surface area contributed by atoms with Gasteiger partial charge >= 0.3 is 0 Å². The van der Waals surface area contributed by atoms with Crippen LogP contribution in [0.4, 0.5) is 0 Å². The van der Waals surface area contributed by atoms with Crippen LogP contribution in [0, 0.1) is 23.2 Å². The van der Waals surface area contributed by atoms with E-state index in [4.69, 9.17) is 9.47 Å². The Morgan fingerprint density at radius 2 is 1.62 bits per heavy atom. The summed E-state index contributed by atoms with van der Waals surface area (Å²) in [4.78, 5) is 0. The first-order valence-electron chi connectivity index (χ1n) is 6.60. The second-order valence-electron chi connectivity index (χ2n) is 6.22. The van der Waals surface area contributed by atoms with Crippen LogP contribution in [0.25, 0.3) is 0 Å². The van der Waals surface area contributed by atoms with Crippen LogP contribution >= 0.6 is 0 Å². The predicted molar refractivity (Wildman–Crippen MR) is 62.7 cm³/mol. The van der Waals surface area contributed by atoms with E-state index < -0.39 is 0 Å². The van der Waals surface area contributed by atoms with Gasteiger partial charge in [-0.25, -0.2) is 0 Å². The average molecular weight is 222 g/mol. The molecule has 2 nitrogen and oxygen atoms in total. The highest BCUT2D eigenvalue weighted by molar-refractivity contribution is 5.01. The lowest BCUT2D eigenvalue weighted by Crippen LogP contribution is -2.48. The highest BCUT2D eigenvalue weighted by Crippen LogP contribution is 2.59. The van der Waals surface area contributed by atoms with Crippen LogP contribution in [-0.4, -0.2) is 13.4 Å². The molecule has 0 atom stereocenters. The maximum Gasteiger partial charge on any atom is 0.188 e. The Bertz CT molecular complexity index is 237. The maximum absolute atomic E-state index is 5.67. The fourth-order valence-corrected chi connectivity index (χ4v) is 4.82. The molecule has 4 fully saturated rings. The van der Waals surface area contributed by atoms with E-state index >= 15 is 0 Å². The number of ether oxygens (including phenoxy) is 2. The van der Waals surface area contributed by atoms with E-state index in [1.165, 1.54) is 44.8 Å². The van der Waals surface area contributed by atoms with Crippen molar-refractivity contribution in [3.8, 4) is 0 Å². The van der Waals surface area contributed by atoms with Crippen molar-refractivity contribution in [2.24, 2.45) is 23.2 Å². The Morgan fingerprint density at radius 3 is 2.12 bits per heavy atom. The lowest BCUT2D eigenvalue weighted by Gasteiger charge is -2.56. The van der Waals surface area contributed by atoms with Gasteiger partial charge in [0.25, 0.3) is 0 Å². The minimum atomic E-state index is 0.380. The zero-order valence-corrected chi connectivity index (χ0v) is 9.99. The molecule has 4 saturated carbocycles. The van der Waals surface area contributed by atoms with Crippen molar-refractivity contribution in [3.05, 3.63) is 12.8 Å². The van der Waals surface area contributed by atoms with Gasteiger partial charge in [0, 0.05) is 0 Å². The topological polar surface area (TPSA) is 18.5 Å². The van der Waals surface area contributed by atoms with Gasteiger partial charge < -0.3 is 9.47 Å². The highest BCUT2D eigenvalue weighted by atomic mass is 16.7. The lowest BCUT2D eigenvalue weighted by molar-refractivity contribution is -0.122. The summed E-state index contributed by atoms with van der Waals surface area (Å²) in [6.07, 6.45) is 10.2. The first kappa shape index (κ1) is 10.6. The molecule has 4 rings (SSSR count). The molecule has 0 aromatic rings. The molecule has 4 aliphatic carbocycles. The van der Waals surface area contributed by atoms with Crippen LogP contribution in [0.5, 0.6) is 0 Å². The molecule has 0 saturated heterocycles. The van der Waals surface area contributed by atoms with Gasteiger partial charge in [-0.15, -0.1) is 0 Å². The summed E-state index contributed by atoms with van der Waals surface area (Å²) in [7, 11) is 0. The van der Waals surface area contributed by atoms with Gasteiger partial charge in [-0.05, 0) is 61.7 Å². The van der Waals surface area contributed by atoms with Crippen LogP contribution in [0.15, 0.2) is 12.8 Å². The number of hydrogen-bond donors (Lipinski definition) is 0.